The Balaban J connectivity index is 0.00000361. The van der Waals surface area contributed by atoms with Gasteiger partial charge in [0.2, 0.25) is 0 Å². The van der Waals surface area contributed by atoms with Gasteiger partial charge in [0.15, 0.2) is 0 Å². The van der Waals surface area contributed by atoms with Gasteiger partial charge in [0.25, 0.3) is 5.91 Å². The molecular weight excluding hydrogens is 276 g/mol. The van der Waals surface area contributed by atoms with Gasteiger partial charge in [0, 0.05) is 12.1 Å². The van der Waals surface area contributed by atoms with Crippen molar-refractivity contribution in [1.82, 2.24) is 5.32 Å². The van der Waals surface area contributed by atoms with Crippen LogP contribution in [0.5, 0.6) is 0 Å². The van der Waals surface area contributed by atoms with Crippen molar-refractivity contribution in [3.63, 3.8) is 0 Å². The number of halogens is 1. The number of nitrogens with one attached hydrogen (secondary N) is 1. The summed E-state index contributed by atoms with van der Waals surface area (Å²) < 4.78 is 0. The second-order valence-corrected chi connectivity index (χ2v) is 6.02. The maximum atomic E-state index is 12.0. The topological polar surface area (TPSA) is 75.3 Å². The third kappa shape index (κ3) is 6.37. The number of hydrogen-bond acceptors (Lipinski definition) is 3. The van der Waals surface area contributed by atoms with Crippen LogP contribution in [-0.4, -0.2) is 23.7 Å². The van der Waals surface area contributed by atoms with Gasteiger partial charge in [-0.15, -0.1) is 12.4 Å². The minimum atomic E-state index is -0.221. The predicted octanol–water partition coefficient (Wildman–Crippen LogP) is 2.09. The zero-order valence-electron chi connectivity index (χ0n) is 12.3. The Bertz CT molecular complexity index is 413. The molecule has 0 aliphatic heterocycles. The van der Waals surface area contributed by atoms with Crippen LogP contribution >= 0.6 is 12.4 Å². The molecule has 0 radical (unpaired) electrons. The Morgan fingerprint density at radius 3 is 2.25 bits per heavy atom. The van der Waals surface area contributed by atoms with Crippen LogP contribution in [0.2, 0.25) is 0 Å². The van der Waals surface area contributed by atoms with E-state index in [2.05, 4.69) is 26.1 Å². The van der Waals surface area contributed by atoms with Crippen molar-refractivity contribution in [2.45, 2.75) is 39.8 Å². The monoisotopic (exact) mass is 300 g/mol. The van der Waals surface area contributed by atoms with Gasteiger partial charge in [-0.25, -0.2) is 0 Å². The molecule has 0 spiro atoms. The SMILES string of the molecule is CC(C)(C)CC(CO)NC(=O)c1ccc(CN)cc1.Cl. The maximum absolute atomic E-state index is 12.0. The lowest BCUT2D eigenvalue weighted by Gasteiger charge is -2.25. The average molecular weight is 301 g/mol. The fourth-order valence-electron chi connectivity index (χ4n) is 1.96. The van der Waals surface area contributed by atoms with E-state index in [1.54, 1.807) is 12.1 Å². The first kappa shape index (κ1) is 18.9. The fraction of sp³-hybridized carbons (Fsp3) is 0.533. The lowest BCUT2D eigenvalue weighted by atomic mass is 9.88. The largest absolute Gasteiger partial charge is 0.394 e. The molecule has 0 aromatic heterocycles. The minimum absolute atomic E-state index is 0. The normalized spacial score (nSPS) is 12.4. The molecule has 1 atom stereocenters. The fourth-order valence-corrected chi connectivity index (χ4v) is 1.96. The third-order valence-electron chi connectivity index (χ3n) is 2.87. The highest BCUT2D eigenvalue weighted by molar-refractivity contribution is 5.94. The van der Waals surface area contributed by atoms with E-state index in [1.807, 2.05) is 12.1 Å². The lowest BCUT2D eigenvalue weighted by Crippen LogP contribution is -2.40. The van der Waals surface area contributed by atoms with Crippen molar-refractivity contribution in [2.75, 3.05) is 6.61 Å². The first-order valence-corrected chi connectivity index (χ1v) is 6.56. The van der Waals surface area contributed by atoms with Crippen LogP contribution in [0.4, 0.5) is 0 Å². The summed E-state index contributed by atoms with van der Waals surface area (Å²) >= 11 is 0. The number of carbonyl (C=O) groups excluding carboxylic acids is 1. The van der Waals surface area contributed by atoms with Gasteiger partial charge in [-0.05, 0) is 29.5 Å². The molecule has 0 heterocycles. The summed E-state index contributed by atoms with van der Waals surface area (Å²) in [6, 6.07) is 6.97. The zero-order chi connectivity index (χ0) is 14.5. The zero-order valence-corrected chi connectivity index (χ0v) is 13.2. The van der Waals surface area contributed by atoms with Gasteiger partial charge in [-0.1, -0.05) is 32.9 Å². The second-order valence-electron chi connectivity index (χ2n) is 6.02. The van der Waals surface area contributed by atoms with E-state index in [9.17, 15) is 9.90 Å². The van der Waals surface area contributed by atoms with Gasteiger partial charge < -0.3 is 16.2 Å². The van der Waals surface area contributed by atoms with E-state index in [-0.39, 0.29) is 36.4 Å². The van der Waals surface area contributed by atoms with Gasteiger partial charge in [0.1, 0.15) is 0 Å². The molecule has 1 aromatic rings. The number of aliphatic hydroxyl groups is 1. The quantitative estimate of drug-likeness (QED) is 0.779. The van der Waals surface area contributed by atoms with E-state index in [0.29, 0.717) is 12.1 Å². The molecule has 1 unspecified atom stereocenters. The molecule has 4 N–H and O–H groups in total. The molecule has 0 bridgehead atoms. The maximum Gasteiger partial charge on any atom is 0.251 e. The van der Waals surface area contributed by atoms with Crippen molar-refractivity contribution in [3.8, 4) is 0 Å². The lowest BCUT2D eigenvalue weighted by molar-refractivity contribution is 0.0897. The van der Waals surface area contributed by atoms with Crippen LogP contribution in [0, 0.1) is 5.41 Å². The first-order valence-electron chi connectivity index (χ1n) is 6.56. The molecular formula is C15H25ClN2O2. The van der Waals surface area contributed by atoms with E-state index < -0.39 is 0 Å². The Labute approximate surface area is 127 Å². The highest BCUT2D eigenvalue weighted by atomic mass is 35.5. The molecule has 1 rings (SSSR count). The van der Waals surface area contributed by atoms with Crippen LogP contribution in [-0.2, 0) is 6.54 Å². The van der Waals surface area contributed by atoms with Crippen molar-refractivity contribution in [3.05, 3.63) is 35.4 Å². The van der Waals surface area contributed by atoms with Crippen molar-refractivity contribution in [1.29, 1.82) is 0 Å². The molecule has 1 amide bonds. The highest BCUT2D eigenvalue weighted by Crippen LogP contribution is 2.20. The predicted molar refractivity (Wildman–Crippen MR) is 84.0 cm³/mol. The molecule has 0 saturated carbocycles. The molecule has 114 valence electrons. The Morgan fingerprint density at radius 2 is 1.85 bits per heavy atom. The van der Waals surface area contributed by atoms with Crippen molar-refractivity contribution in [2.24, 2.45) is 11.1 Å². The molecule has 1 aromatic carbocycles. The smallest absolute Gasteiger partial charge is 0.251 e. The van der Waals surface area contributed by atoms with E-state index >= 15 is 0 Å². The van der Waals surface area contributed by atoms with Crippen LogP contribution in [0.1, 0.15) is 43.1 Å². The average Bonchev–Trinajstić information content (AvgIpc) is 2.36. The van der Waals surface area contributed by atoms with Crippen LogP contribution in [0.15, 0.2) is 24.3 Å². The molecule has 0 fully saturated rings. The van der Waals surface area contributed by atoms with Crippen molar-refractivity contribution >= 4 is 18.3 Å². The van der Waals surface area contributed by atoms with Crippen LogP contribution < -0.4 is 11.1 Å². The number of carbonyl (C=O) groups is 1. The highest BCUT2D eigenvalue weighted by Gasteiger charge is 2.20. The summed E-state index contributed by atoms with van der Waals surface area (Å²) in [4.78, 5) is 12.0. The summed E-state index contributed by atoms with van der Waals surface area (Å²) in [6.07, 6.45) is 0.732. The Kier molecular flexibility index (Phi) is 7.79. The number of amides is 1. The molecule has 0 aliphatic rings. The Hall–Kier alpha value is -1.10. The second kappa shape index (κ2) is 8.25. The third-order valence-corrected chi connectivity index (χ3v) is 2.87. The van der Waals surface area contributed by atoms with Gasteiger partial charge >= 0.3 is 0 Å². The van der Waals surface area contributed by atoms with Gasteiger partial charge in [0.05, 0.1) is 12.6 Å². The number of nitrogens with two attached hydrogens (primary N) is 1. The summed E-state index contributed by atoms with van der Waals surface area (Å²) in [7, 11) is 0. The van der Waals surface area contributed by atoms with Gasteiger partial charge in [-0.2, -0.15) is 0 Å². The number of hydrogen-bond donors (Lipinski definition) is 3. The standard InChI is InChI=1S/C15H24N2O2.ClH/c1-15(2,3)8-13(10-18)17-14(19)12-6-4-11(9-16)5-7-12;/h4-7,13,18H,8-10,16H2,1-3H3,(H,17,19);1H. The molecule has 4 nitrogen and oxygen atoms in total. The molecule has 5 heteroatoms. The summed E-state index contributed by atoms with van der Waals surface area (Å²) in [6.45, 7) is 6.66. The molecule has 20 heavy (non-hydrogen) atoms. The number of rotatable bonds is 5. The van der Waals surface area contributed by atoms with Crippen molar-refractivity contribution < 1.29 is 9.90 Å². The van der Waals surface area contributed by atoms with E-state index in [0.717, 1.165) is 12.0 Å². The van der Waals surface area contributed by atoms with E-state index in [4.69, 9.17) is 5.73 Å². The number of aliphatic hydroxyl groups excluding tert-OH is 1. The van der Waals surface area contributed by atoms with Crippen LogP contribution in [0.25, 0.3) is 0 Å². The Morgan fingerprint density at radius 1 is 1.30 bits per heavy atom. The van der Waals surface area contributed by atoms with Gasteiger partial charge in [-0.3, -0.25) is 4.79 Å². The minimum Gasteiger partial charge on any atom is -0.394 e. The summed E-state index contributed by atoms with van der Waals surface area (Å²) in [5, 5.41) is 12.2. The van der Waals surface area contributed by atoms with Crippen LogP contribution in [0.3, 0.4) is 0 Å². The van der Waals surface area contributed by atoms with E-state index in [1.165, 1.54) is 0 Å². The molecule has 0 saturated heterocycles. The molecule has 0 aliphatic carbocycles. The summed E-state index contributed by atoms with van der Waals surface area (Å²) in [5.74, 6) is -0.160. The summed E-state index contributed by atoms with van der Waals surface area (Å²) in [5.41, 5.74) is 7.15. The first-order chi connectivity index (χ1) is 8.85. The number of benzene rings is 1.